The van der Waals surface area contributed by atoms with E-state index in [0.29, 0.717) is 18.4 Å². The molecule has 0 radical (unpaired) electrons. The Kier molecular flexibility index (Phi) is 7.91. The van der Waals surface area contributed by atoms with Crippen LogP contribution in [-0.2, 0) is 30.6 Å². The third kappa shape index (κ3) is 6.21. The molecule has 1 amide bonds. The Labute approximate surface area is 216 Å². The van der Waals surface area contributed by atoms with Gasteiger partial charge >= 0.3 is 5.97 Å². The lowest BCUT2D eigenvalue weighted by atomic mass is 10.1. The first kappa shape index (κ1) is 26.1. The van der Waals surface area contributed by atoms with E-state index in [1.807, 2.05) is 0 Å². The zero-order valence-corrected chi connectivity index (χ0v) is 21.5. The molecule has 1 aromatic heterocycles. The van der Waals surface area contributed by atoms with Crippen molar-refractivity contribution in [3.63, 3.8) is 0 Å². The summed E-state index contributed by atoms with van der Waals surface area (Å²) in [5.74, 6) is -1.36. The number of halogens is 2. The number of thiazole rings is 1. The van der Waals surface area contributed by atoms with E-state index in [1.165, 1.54) is 48.5 Å². The van der Waals surface area contributed by atoms with Crippen LogP contribution in [-0.4, -0.2) is 37.1 Å². The maximum Gasteiger partial charge on any atom is 0.311 e. The summed E-state index contributed by atoms with van der Waals surface area (Å²) in [4.78, 5) is 29.4. The lowest BCUT2D eigenvalue weighted by Gasteiger charge is -2.19. The van der Waals surface area contributed by atoms with Crippen molar-refractivity contribution in [2.75, 3.05) is 11.9 Å². The Balaban J connectivity index is 1.57. The van der Waals surface area contributed by atoms with Gasteiger partial charge in [-0.25, -0.2) is 17.8 Å². The highest BCUT2D eigenvalue weighted by molar-refractivity contribution is 7.92. The van der Waals surface area contributed by atoms with Crippen LogP contribution >= 0.6 is 22.9 Å². The third-order valence-electron chi connectivity index (χ3n) is 5.28. The maximum atomic E-state index is 13.4. The predicted molar refractivity (Wildman–Crippen MR) is 133 cm³/mol. The molecule has 36 heavy (non-hydrogen) atoms. The average Bonchev–Trinajstić information content (AvgIpc) is 3.65. The molecule has 12 heteroatoms. The number of nitrogens with zero attached hydrogens (tertiary/aromatic N) is 1. The summed E-state index contributed by atoms with van der Waals surface area (Å²) in [5, 5.41) is 2.41. The van der Waals surface area contributed by atoms with E-state index in [2.05, 4.69) is 10.3 Å². The molecule has 0 bridgehead atoms. The van der Waals surface area contributed by atoms with Crippen LogP contribution in [0.2, 0.25) is 4.34 Å². The van der Waals surface area contributed by atoms with E-state index in [4.69, 9.17) is 21.1 Å². The monoisotopic (exact) mass is 552 g/mol. The number of benzene rings is 2. The molecule has 1 unspecified atom stereocenters. The third-order valence-corrected chi connectivity index (χ3v) is 8.81. The molecule has 8 nitrogen and oxygen atoms in total. The van der Waals surface area contributed by atoms with Gasteiger partial charge in [-0.2, -0.15) is 0 Å². The summed E-state index contributed by atoms with van der Waals surface area (Å²) < 4.78 is 49.4. The number of hydrogen-bond acceptors (Lipinski definition) is 8. The van der Waals surface area contributed by atoms with E-state index in [9.17, 15) is 22.4 Å². The average molecular weight is 553 g/mol. The normalized spacial score (nSPS) is 14.2. The van der Waals surface area contributed by atoms with Crippen LogP contribution < -0.4 is 10.1 Å². The molecule has 4 rings (SSSR count). The van der Waals surface area contributed by atoms with Gasteiger partial charge in [-0.05, 0) is 56.2 Å². The summed E-state index contributed by atoms with van der Waals surface area (Å²) in [5.41, 5.74) is 0.641. The van der Waals surface area contributed by atoms with Crippen molar-refractivity contribution in [3.05, 3.63) is 69.9 Å². The topological polar surface area (TPSA) is 112 Å². The number of ether oxygens (including phenoxy) is 2. The fourth-order valence-electron chi connectivity index (χ4n) is 3.34. The number of carbonyl (C=O) groups is 2. The molecule has 0 spiro atoms. The van der Waals surface area contributed by atoms with Gasteiger partial charge in [-0.1, -0.05) is 35.1 Å². The molecule has 1 fully saturated rings. The van der Waals surface area contributed by atoms with Gasteiger partial charge in [0.2, 0.25) is 6.10 Å². The zero-order valence-electron chi connectivity index (χ0n) is 19.1. The molecule has 1 aliphatic carbocycles. The van der Waals surface area contributed by atoms with Crippen LogP contribution in [0.1, 0.15) is 37.1 Å². The Morgan fingerprint density at radius 3 is 2.44 bits per heavy atom. The van der Waals surface area contributed by atoms with Gasteiger partial charge in [0.25, 0.3) is 5.91 Å². The summed E-state index contributed by atoms with van der Waals surface area (Å²) in [6.07, 6.45) is -0.0931. The van der Waals surface area contributed by atoms with E-state index in [-0.39, 0.29) is 44.1 Å². The summed E-state index contributed by atoms with van der Waals surface area (Å²) in [6.45, 7) is 1.90. The number of hydrogen-bond donors (Lipinski definition) is 1. The number of nitrogens with one attached hydrogen (secondary N) is 1. The van der Waals surface area contributed by atoms with Crippen molar-refractivity contribution in [2.24, 2.45) is 0 Å². The van der Waals surface area contributed by atoms with Crippen molar-refractivity contribution >= 4 is 49.8 Å². The lowest BCUT2D eigenvalue weighted by molar-refractivity contribution is -0.142. The minimum atomic E-state index is -3.40. The second-order valence-corrected chi connectivity index (χ2v) is 11.8. The molecular weight excluding hydrogens is 531 g/mol. The van der Waals surface area contributed by atoms with Gasteiger partial charge in [-0.3, -0.25) is 14.9 Å². The highest BCUT2D eigenvalue weighted by Crippen LogP contribution is 2.35. The van der Waals surface area contributed by atoms with Crippen LogP contribution in [0, 0.1) is 5.82 Å². The minimum absolute atomic E-state index is 0.143. The van der Waals surface area contributed by atoms with Crippen LogP contribution in [0.25, 0.3) is 0 Å². The molecule has 2 aromatic carbocycles. The molecular formula is C24H22ClFN2O6S2. The number of anilines is 1. The van der Waals surface area contributed by atoms with Crippen molar-refractivity contribution in [2.45, 2.75) is 42.4 Å². The number of aromatic nitrogens is 1. The van der Waals surface area contributed by atoms with E-state index >= 15 is 0 Å². The smallest absolute Gasteiger partial charge is 0.311 e. The highest BCUT2D eigenvalue weighted by Gasteiger charge is 2.37. The number of sulfone groups is 1. The van der Waals surface area contributed by atoms with Crippen molar-refractivity contribution in [3.8, 4) is 5.75 Å². The van der Waals surface area contributed by atoms with E-state index in [0.717, 1.165) is 11.3 Å². The van der Waals surface area contributed by atoms with E-state index < -0.39 is 33.6 Å². The largest absolute Gasteiger partial charge is 0.476 e. The molecule has 1 atom stereocenters. The molecule has 190 valence electrons. The van der Waals surface area contributed by atoms with Crippen LogP contribution in [0.3, 0.4) is 0 Å². The van der Waals surface area contributed by atoms with E-state index in [1.54, 1.807) is 6.92 Å². The highest BCUT2D eigenvalue weighted by atomic mass is 35.5. The van der Waals surface area contributed by atoms with Crippen molar-refractivity contribution < 1.29 is 31.9 Å². The standard InChI is InChI=1S/C24H22ClFN2O6S2/c1-2-33-20(29)13-19-22(25)35-24(27-19)28-23(30)21(34-16-7-5-15(26)6-8-16)14-3-9-17(10-4-14)36(31,32)18-11-12-18/h3-10,18,21H,2,11-13H2,1H3,(H,27,28,30). The first-order valence-corrected chi connectivity index (χ1v) is 13.8. The molecule has 1 heterocycles. The van der Waals surface area contributed by atoms with Gasteiger partial charge in [0.05, 0.1) is 28.9 Å². The number of amides is 1. The molecule has 0 aliphatic heterocycles. The Bertz CT molecular complexity index is 1360. The second-order valence-electron chi connectivity index (χ2n) is 7.98. The SMILES string of the molecule is CCOC(=O)Cc1nc(NC(=O)C(Oc2ccc(F)cc2)c2ccc(S(=O)(=O)C3CC3)cc2)sc1Cl. The molecule has 1 saturated carbocycles. The van der Waals surface area contributed by atoms with Crippen molar-refractivity contribution in [1.82, 2.24) is 4.98 Å². The number of rotatable bonds is 10. The summed E-state index contributed by atoms with van der Waals surface area (Å²) in [7, 11) is -3.40. The zero-order chi connectivity index (χ0) is 25.9. The van der Waals surface area contributed by atoms with Gasteiger partial charge < -0.3 is 9.47 Å². The predicted octanol–water partition coefficient (Wildman–Crippen LogP) is 4.74. The Morgan fingerprint density at radius 2 is 1.83 bits per heavy atom. The maximum absolute atomic E-state index is 13.4. The quantitative estimate of drug-likeness (QED) is 0.362. The van der Waals surface area contributed by atoms with Gasteiger partial charge in [0.1, 0.15) is 15.9 Å². The Hall–Kier alpha value is -3.02. The second kappa shape index (κ2) is 10.9. The minimum Gasteiger partial charge on any atom is -0.476 e. The molecule has 0 saturated heterocycles. The molecule has 1 aliphatic rings. The number of esters is 1. The van der Waals surface area contributed by atoms with Gasteiger partial charge in [0.15, 0.2) is 15.0 Å². The number of carbonyl (C=O) groups excluding carboxylic acids is 2. The first-order valence-electron chi connectivity index (χ1n) is 11.0. The van der Waals surface area contributed by atoms with Crippen molar-refractivity contribution in [1.29, 1.82) is 0 Å². The fourth-order valence-corrected chi connectivity index (χ4v) is 6.04. The van der Waals surface area contributed by atoms with Gasteiger partial charge in [0, 0.05) is 5.56 Å². The van der Waals surface area contributed by atoms with Crippen LogP contribution in [0.15, 0.2) is 53.4 Å². The lowest BCUT2D eigenvalue weighted by Crippen LogP contribution is -2.26. The fraction of sp³-hybridized carbons (Fsp3) is 0.292. The first-order chi connectivity index (χ1) is 17.2. The molecule has 3 aromatic rings. The Morgan fingerprint density at radius 1 is 1.17 bits per heavy atom. The molecule has 1 N–H and O–H groups in total. The van der Waals surface area contributed by atoms with Gasteiger partial charge in [-0.15, -0.1) is 0 Å². The van der Waals surface area contributed by atoms with Crippen LogP contribution in [0.5, 0.6) is 5.75 Å². The summed E-state index contributed by atoms with van der Waals surface area (Å²) >= 11 is 7.15. The van der Waals surface area contributed by atoms with Crippen LogP contribution in [0.4, 0.5) is 9.52 Å². The summed E-state index contributed by atoms with van der Waals surface area (Å²) in [6, 6.07) is 11.0.